The van der Waals surface area contributed by atoms with Crippen molar-refractivity contribution in [2.45, 2.75) is 33.8 Å². The highest BCUT2D eigenvalue weighted by Crippen LogP contribution is 2.33. The molecule has 124 valence electrons. The normalized spacial score (nSPS) is 10.7. The van der Waals surface area contributed by atoms with Gasteiger partial charge in [0.25, 0.3) is 5.56 Å². The van der Waals surface area contributed by atoms with Crippen LogP contribution >= 0.6 is 0 Å². The molecule has 0 unspecified atom stereocenters. The zero-order chi connectivity index (χ0) is 17.0. The maximum Gasteiger partial charge on any atom is 0.294 e. The lowest BCUT2D eigenvalue weighted by Gasteiger charge is -2.16. The van der Waals surface area contributed by atoms with E-state index in [-0.39, 0.29) is 17.4 Å². The Balaban J connectivity index is 2.59. The third-order valence-electron chi connectivity index (χ3n) is 3.29. The molecule has 2 aromatic rings. The first kappa shape index (κ1) is 16.9. The minimum absolute atomic E-state index is 0.115. The summed E-state index contributed by atoms with van der Waals surface area (Å²) in [5, 5.41) is 3.88. The van der Waals surface area contributed by atoms with Crippen LogP contribution in [0, 0.1) is 0 Å². The lowest BCUT2D eigenvalue weighted by Crippen LogP contribution is -2.18. The van der Waals surface area contributed by atoms with E-state index in [9.17, 15) is 4.79 Å². The first-order valence-electron chi connectivity index (χ1n) is 7.73. The van der Waals surface area contributed by atoms with Gasteiger partial charge in [0, 0.05) is 18.1 Å². The molecule has 0 aliphatic rings. The number of H-pyrrole nitrogens is 1. The summed E-state index contributed by atoms with van der Waals surface area (Å²) in [6.07, 6.45) is 1.85. The number of fused-ring (bicyclic) bond motifs is 1. The van der Waals surface area contributed by atoms with Crippen LogP contribution in [0.2, 0.25) is 0 Å². The molecule has 0 spiro atoms. The Bertz CT molecular complexity index is 772. The SMILES string of the molecule is CNc1ccc2c(OCC=C(C)C)c(OC(C)C)c(=O)[nH]c2c1. The number of ether oxygens (including phenoxy) is 2. The Morgan fingerprint density at radius 2 is 2.04 bits per heavy atom. The summed E-state index contributed by atoms with van der Waals surface area (Å²) in [7, 11) is 1.84. The summed E-state index contributed by atoms with van der Waals surface area (Å²) in [5.41, 5.74) is 2.50. The molecule has 23 heavy (non-hydrogen) atoms. The molecular formula is C18H24N2O3. The number of nitrogens with one attached hydrogen (secondary N) is 2. The van der Waals surface area contributed by atoms with Gasteiger partial charge in [-0.05, 0) is 52.0 Å². The van der Waals surface area contributed by atoms with Crippen molar-refractivity contribution in [2.24, 2.45) is 0 Å². The van der Waals surface area contributed by atoms with Gasteiger partial charge in [-0.1, -0.05) is 5.57 Å². The highest BCUT2D eigenvalue weighted by molar-refractivity contribution is 5.89. The first-order chi connectivity index (χ1) is 10.9. The van der Waals surface area contributed by atoms with E-state index in [1.807, 2.05) is 59.0 Å². The van der Waals surface area contributed by atoms with Crippen LogP contribution in [-0.4, -0.2) is 24.7 Å². The molecule has 0 aliphatic heterocycles. The summed E-state index contributed by atoms with van der Waals surface area (Å²) >= 11 is 0. The number of benzene rings is 1. The topological polar surface area (TPSA) is 63.4 Å². The fourth-order valence-corrected chi connectivity index (χ4v) is 2.18. The zero-order valence-electron chi connectivity index (χ0n) is 14.3. The third kappa shape index (κ3) is 4.06. The van der Waals surface area contributed by atoms with Crippen molar-refractivity contribution in [1.29, 1.82) is 0 Å². The number of aromatic nitrogens is 1. The number of rotatable bonds is 6. The van der Waals surface area contributed by atoms with Gasteiger partial charge in [0.2, 0.25) is 5.75 Å². The molecule has 0 fully saturated rings. The Kier molecular flexibility index (Phi) is 5.32. The summed E-state index contributed by atoms with van der Waals surface area (Å²) < 4.78 is 11.6. The number of anilines is 1. The maximum atomic E-state index is 12.4. The van der Waals surface area contributed by atoms with Gasteiger partial charge in [-0.15, -0.1) is 0 Å². The lowest BCUT2D eigenvalue weighted by atomic mass is 10.1. The molecule has 0 amide bonds. The van der Waals surface area contributed by atoms with E-state index in [1.54, 1.807) is 0 Å². The van der Waals surface area contributed by atoms with Crippen molar-refractivity contribution in [1.82, 2.24) is 4.98 Å². The Morgan fingerprint density at radius 1 is 1.30 bits per heavy atom. The molecule has 1 heterocycles. The van der Waals surface area contributed by atoms with Crippen molar-refractivity contribution >= 4 is 16.6 Å². The fraction of sp³-hybridized carbons (Fsp3) is 0.389. The fourth-order valence-electron chi connectivity index (χ4n) is 2.18. The highest BCUT2D eigenvalue weighted by Gasteiger charge is 2.17. The monoisotopic (exact) mass is 316 g/mol. The quantitative estimate of drug-likeness (QED) is 0.798. The Morgan fingerprint density at radius 3 is 2.65 bits per heavy atom. The predicted octanol–water partition coefficient (Wildman–Crippen LogP) is 3.70. The molecule has 1 aromatic heterocycles. The molecule has 5 heteroatoms. The average Bonchev–Trinajstić information content (AvgIpc) is 2.48. The number of pyridine rings is 1. The van der Waals surface area contributed by atoms with Gasteiger partial charge in [0.15, 0.2) is 5.75 Å². The van der Waals surface area contributed by atoms with Crippen molar-refractivity contribution in [3.05, 3.63) is 40.2 Å². The molecule has 1 aromatic carbocycles. The standard InChI is InChI=1S/C18H24N2O3/c1-11(2)8-9-22-16-14-7-6-13(19-5)10-15(14)20-18(21)17(16)23-12(3)4/h6-8,10,12,19H,9H2,1-5H3,(H,20,21). The van der Waals surface area contributed by atoms with Crippen molar-refractivity contribution in [3.8, 4) is 11.5 Å². The number of hydrogen-bond acceptors (Lipinski definition) is 4. The molecule has 0 saturated heterocycles. The van der Waals surface area contributed by atoms with Gasteiger partial charge in [0.1, 0.15) is 6.61 Å². The van der Waals surface area contributed by atoms with Crippen LogP contribution in [0.3, 0.4) is 0 Å². The van der Waals surface area contributed by atoms with Gasteiger partial charge in [-0.25, -0.2) is 0 Å². The predicted molar refractivity (Wildman–Crippen MR) is 94.8 cm³/mol. The Labute approximate surface area is 136 Å². The lowest BCUT2D eigenvalue weighted by molar-refractivity contribution is 0.224. The smallest absolute Gasteiger partial charge is 0.294 e. The minimum Gasteiger partial charge on any atom is -0.485 e. The summed E-state index contributed by atoms with van der Waals surface area (Å²) in [6, 6.07) is 5.74. The van der Waals surface area contributed by atoms with E-state index >= 15 is 0 Å². The molecule has 0 bridgehead atoms. The van der Waals surface area contributed by atoms with Crippen LogP contribution < -0.4 is 20.3 Å². The zero-order valence-corrected chi connectivity index (χ0v) is 14.3. The van der Waals surface area contributed by atoms with Crippen LogP contribution in [0.1, 0.15) is 27.7 Å². The largest absolute Gasteiger partial charge is 0.485 e. The van der Waals surface area contributed by atoms with Gasteiger partial charge in [-0.2, -0.15) is 0 Å². The molecule has 5 nitrogen and oxygen atoms in total. The molecule has 0 saturated carbocycles. The van der Waals surface area contributed by atoms with Crippen LogP contribution in [-0.2, 0) is 0 Å². The highest BCUT2D eigenvalue weighted by atomic mass is 16.5. The van der Waals surface area contributed by atoms with Crippen molar-refractivity contribution in [2.75, 3.05) is 19.0 Å². The van der Waals surface area contributed by atoms with Crippen LogP contribution in [0.25, 0.3) is 10.9 Å². The molecule has 0 aliphatic carbocycles. The van der Waals surface area contributed by atoms with Gasteiger partial charge in [0.05, 0.1) is 11.6 Å². The van der Waals surface area contributed by atoms with Crippen molar-refractivity contribution < 1.29 is 9.47 Å². The average molecular weight is 316 g/mol. The summed E-state index contributed by atoms with van der Waals surface area (Å²) in [5.74, 6) is 0.712. The summed E-state index contributed by atoms with van der Waals surface area (Å²) in [6.45, 7) is 8.17. The molecule has 2 rings (SSSR count). The molecule has 0 atom stereocenters. The second-order valence-corrected chi connectivity index (χ2v) is 5.88. The third-order valence-corrected chi connectivity index (χ3v) is 3.29. The van der Waals surface area contributed by atoms with Crippen molar-refractivity contribution in [3.63, 3.8) is 0 Å². The number of allylic oxidation sites excluding steroid dienone is 1. The van der Waals surface area contributed by atoms with Crippen LogP contribution in [0.4, 0.5) is 5.69 Å². The van der Waals surface area contributed by atoms with E-state index in [1.165, 1.54) is 0 Å². The molecular weight excluding hydrogens is 292 g/mol. The van der Waals surface area contributed by atoms with Gasteiger partial charge in [-0.3, -0.25) is 4.79 Å². The maximum absolute atomic E-state index is 12.4. The number of aromatic amines is 1. The summed E-state index contributed by atoms with van der Waals surface area (Å²) in [4.78, 5) is 15.3. The minimum atomic E-state index is -0.286. The van der Waals surface area contributed by atoms with E-state index in [0.29, 0.717) is 17.9 Å². The second kappa shape index (κ2) is 7.22. The van der Waals surface area contributed by atoms with Gasteiger partial charge >= 0.3 is 0 Å². The molecule has 2 N–H and O–H groups in total. The van der Waals surface area contributed by atoms with Crippen LogP contribution in [0.15, 0.2) is 34.6 Å². The van der Waals surface area contributed by atoms with E-state index in [0.717, 1.165) is 16.6 Å². The molecule has 0 radical (unpaired) electrons. The number of hydrogen-bond donors (Lipinski definition) is 2. The van der Waals surface area contributed by atoms with Gasteiger partial charge < -0.3 is 19.8 Å². The second-order valence-electron chi connectivity index (χ2n) is 5.88. The van der Waals surface area contributed by atoms with E-state index in [2.05, 4.69) is 10.3 Å². The van der Waals surface area contributed by atoms with Crippen LogP contribution in [0.5, 0.6) is 11.5 Å². The first-order valence-corrected chi connectivity index (χ1v) is 7.73. The van der Waals surface area contributed by atoms with E-state index < -0.39 is 0 Å². The Hall–Kier alpha value is -2.43. The van der Waals surface area contributed by atoms with E-state index in [4.69, 9.17) is 9.47 Å².